The van der Waals surface area contributed by atoms with Gasteiger partial charge in [-0.05, 0) is 44.2 Å². The first-order chi connectivity index (χ1) is 11.0. The molecule has 1 atom stereocenters. The fraction of sp³-hybridized carbons (Fsp3) is 0.579. The SMILES string of the molecule is CCCCOC(=O)c1ccccc1C(=O)OC(C)CCC(C)C. The van der Waals surface area contributed by atoms with Gasteiger partial charge >= 0.3 is 11.9 Å². The van der Waals surface area contributed by atoms with E-state index in [0.29, 0.717) is 12.5 Å². The standard InChI is InChI=1S/C19H28O4/c1-5-6-13-22-18(20)16-9-7-8-10-17(16)19(21)23-15(4)12-11-14(2)3/h7-10,14-15H,5-6,11-13H2,1-4H3. The largest absolute Gasteiger partial charge is 0.462 e. The summed E-state index contributed by atoms with van der Waals surface area (Å²) in [5.74, 6) is -0.373. The van der Waals surface area contributed by atoms with Crippen molar-refractivity contribution >= 4 is 11.9 Å². The molecule has 1 unspecified atom stereocenters. The average Bonchev–Trinajstić information content (AvgIpc) is 2.53. The molecule has 128 valence electrons. The number of hydrogen-bond acceptors (Lipinski definition) is 4. The van der Waals surface area contributed by atoms with Crippen LogP contribution >= 0.6 is 0 Å². The van der Waals surface area contributed by atoms with Crippen molar-refractivity contribution in [3.8, 4) is 0 Å². The minimum absolute atomic E-state index is 0.172. The zero-order chi connectivity index (χ0) is 17.2. The van der Waals surface area contributed by atoms with Gasteiger partial charge in [0.2, 0.25) is 0 Å². The van der Waals surface area contributed by atoms with Crippen LogP contribution in [0.4, 0.5) is 0 Å². The second kappa shape index (κ2) is 10.0. The van der Waals surface area contributed by atoms with Crippen LogP contribution in [-0.2, 0) is 9.47 Å². The minimum Gasteiger partial charge on any atom is -0.462 e. The summed E-state index contributed by atoms with van der Waals surface area (Å²) in [6.45, 7) is 8.54. The summed E-state index contributed by atoms with van der Waals surface area (Å²) in [6.07, 6.45) is 3.39. The number of rotatable bonds is 9. The maximum atomic E-state index is 12.3. The van der Waals surface area contributed by atoms with E-state index >= 15 is 0 Å². The first-order valence-electron chi connectivity index (χ1n) is 8.42. The summed E-state index contributed by atoms with van der Waals surface area (Å²) < 4.78 is 10.7. The minimum atomic E-state index is -0.471. The Labute approximate surface area is 139 Å². The van der Waals surface area contributed by atoms with Crippen LogP contribution in [0.1, 0.15) is 74.1 Å². The quantitative estimate of drug-likeness (QED) is 0.492. The Morgan fingerprint density at radius 2 is 1.61 bits per heavy atom. The molecule has 0 spiro atoms. The van der Waals surface area contributed by atoms with E-state index in [4.69, 9.17) is 9.47 Å². The smallest absolute Gasteiger partial charge is 0.339 e. The van der Waals surface area contributed by atoms with E-state index in [1.54, 1.807) is 24.3 Å². The van der Waals surface area contributed by atoms with Gasteiger partial charge in [0.15, 0.2) is 0 Å². The first-order valence-corrected chi connectivity index (χ1v) is 8.42. The van der Waals surface area contributed by atoms with Gasteiger partial charge in [0.05, 0.1) is 23.8 Å². The summed E-state index contributed by atoms with van der Waals surface area (Å²) in [4.78, 5) is 24.4. The van der Waals surface area contributed by atoms with Gasteiger partial charge in [0.1, 0.15) is 0 Å². The van der Waals surface area contributed by atoms with E-state index in [2.05, 4.69) is 13.8 Å². The highest BCUT2D eigenvalue weighted by atomic mass is 16.5. The Kier molecular flexibility index (Phi) is 8.38. The van der Waals surface area contributed by atoms with Crippen LogP contribution in [0.25, 0.3) is 0 Å². The molecule has 23 heavy (non-hydrogen) atoms. The number of carbonyl (C=O) groups is 2. The Bertz CT molecular complexity index is 508. The molecule has 0 aromatic heterocycles. The Morgan fingerprint density at radius 1 is 1.00 bits per heavy atom. The fourth-order valence-corrected chi connectivity index (χ4v) is 2.10. The molecule has 0 radical (unpaired) electrons. The Balaban J connectivity index is 2.71. The molecule has 0 aliphatic carbocycles. The van der Waals surface area contributed by atoms with Gasteiger partial charge in [0.25, 0.3) is 0 Å². The first kappa shape index (κ1) is 19.2. The van der Waals surface area contributed by atoms with E-state index in [1.165, 1.54) is 0 Å². The van der Waals surface area contributed by atoms with Crippen molar-refractivity contribution < 1.29 is 19.1 Å². The molecular formula is C19H28O4. The summed E-state index contributed by atoms with van der Waals surface area (Å²) in [5.41, 5.74) is 0.537. The summed E-state index contributed by atoms with van der Waals surface area (Å²) >= 11 is 0. The van der Waals surface area contributed by atoms with Crippen molar-refractivity contribution in [3.63, 3.8) is 0 Å². The molecular weight excluding hydrogens is 292 g/mol. The molecule has 1 aromatic rings. The Morgan fingerprint density at radius 3 is 2.17 bits per heavy atom. The van der Waals surface area contributed by atoms with Gasteiger partial charge in [-0.3, -0.25) is 0 Å². The number of ether oxygens (including phenoxy) is 2. The van der Waals surface area contributed by atoms with Gasteiger partial charge in [0, 0.05) is 0 Å². The third-order valence-electron chi connectivity index (χ3n) is 3.56. The zero-order valence-electron chi connectivity index (χ0n) is 14.6. The molecule has 0 heterocycles. The van der Waals surface area contributed by atoms with Crippen LogP contribution in [0, 0.1) is 5.92 Å². The molecule has 0 amide bonds. The summed E-state index contributed by atoms with van der Waals surface area (Å²) in [5, 5.41) is 0. The van der Waals surface area contributed by atoms with Crippen LogP contribution in [-0.4, -0.2) is 24.6 Å². The lowest BCUT2D eigenvalue weighted by molar-refractivity contribution is 0.0302. The van der Waals surface area contributed by atoms with E-state index < -0.39 is 11.9 Å². The molecule has 0 saturated heterocycles. The summed E-state index contributed by atoms with van der Waals surface area (Å²) in [6, 6.07) is 6.64. The monoisotopic (exact) mass is 320 g/mol. The maximum absolute atomic E-state index is 12.3. The van der Waals surface area contributed by atoms with Gasteiger partial charge in [-0.2, -0.15) is 0 Å². The van der Waals surface area contributed by atoms with Gasteiger partial charge in [-0.1, -0.05) is 39.3 Å². The number of unbranched alkanes of at least 4 members (excludes halogenated alkanes) is 1. The molecule has 0 N–H and O–H groups in total. The van der Waals surface area contributed by atoms with Crippen LogP contribution < -0.4 is 0 Å². The lowest BCUT2D eigenvalue weighted by atomic mass is 10.1. The molecule has 0 aliphatic heterocycles. The topological polar surface area (TPSA) is 52.6 Å². The van der Waals surface area contributed by atoms with E-state index in [1.807, 2.05) is 13.8 Å². The number of esters is 2. The van der Waals surface area contributed by atoms with Crippen molar-refractivity contribution in [3.05, 3.63) is 35.4 Å². The molecule has 1 rings (SSSR count). The normalized spacial score (nSPS) is 12.0. The predicted molar refractivity (Wildman–Crippen MR) is 90.6 cm³/mol. The van der Waals surface area contributed by atoms with Crippen molar-refractivity contribution in [2.45, 2.75) is 59.5 Å². The third kappa shape index (κ3) is 6.85. The van der Waals surface area contributed by atoms with E-state index in [9.17, 15) is 9.59 Å². The Hall–Kier alpha value is -1.84. The van der Waals surface area contributed by atoms with E-state index in [0.717, 1.165) is 25.7 Å². The molecule has 0 aliphatic rings. The van der Waals surface area contributed by atoms with Crippen LogP contribution in [0.5, 0.6) is 0 Å². The highest BCUT2D eigenvalue weighted by molar-refractivity contribution is 6.03. The van der Waals surface area contributed by atoms with Crippen molar-refractivity contribution in [2.75, 3.05) is 6.61 Å². The van der Waals surface area contributed by atoms with Gasteiger partial charge in [-0.15, -0.1) is 0 Å². The molecule has 1 aromatic carbocycles. The number of benzene rings is 1. The predicted octanol–water partition coefficient (Wildman–Crippen LogP) is 4.63. The van der Waals surface area contributed by atoms with Crippen molar-refractivity contribution in [1.82, 2.24) is 0 Å². The lowest BCUT2D eigenvalue weighted by Crippen LogP contribution is -2.19. The second-order valence-electron chi connectivity index (χ2n) is 6.22. The highest BCUT2D eigenvalue weighted by Gasteiger charge is 2.20. The van der Waals surface area contributed by atoms with Crippen molar-refractivity contribution in [1.29, 1.82) is 0 Å². The van der Waals surface area contributed by atoms with Crippen LogP contribution in [0.3, 0.4) is 0 Å². The maximum Gasteiger partial charge on any atom is 0.339 e. The molecule has 0 bridgehead atoms. The number of carbonyl (C=O) groups excluding carboxylic acids is 2. The highest BCUT2D eigenvalue weighted by Crippen LogP contribution is 2.15. The van der Waals surface area contributed by atoms with Gasteiger partial charge in [-0.25, -0.2) is 9.59 Å². The second-order valence-corrected chi connectivity index (χ2v) is 6.22. The molecule has 4 heteroatoms. The molecule has 0 fully saturated rings. The zero-order valence-corrected chi connectivity index (χ0v) is 14.6. The average molecular weight is 320 g/mol. The fourth-order valence-electron chi connectivity index (χ4n) is 2.10. The van der Waals surface area contributed by atoms with Gasteiger partial charge < -0.3 is 9.47 Å². The molecule has 4 nitrogen and oxygen atoms in total. The summed E-state index contributed by atoms with van der Waals surface area (Å²) in [7, 11) is 0. The van der Waals surface area contributed by atoms with Crippen molar-refractivity contribution in [2.24, 2.45) is 5.92 Å². The van der Waals surface area contributed by atoms with E-state index in [-0.39, 0.29) is 17.2 Å². The van der Waals surface area contributed by atoms with Crippen LogP contribution in [0.2, 0.25) is 0 Å². The molecule has 0 saturated carbocycles. The third-order valence-corrected chi connectivity index (χ3v) is 3.56. The van der Waals surface area contributed by atoms with Crippen LogP contribution in [0.15, 0.2) is 24.3 Å². The number of hydrogen-bond donors (Lipinski definition) is 0. The lowest BCUT2D eigenvalue weighted by Gasteiger charge is -2.15.